The Morgan fingerprint density at radius 3 is 3.00 bits per heavy atom. The molecule has 0 bridgehead atoms. The van der Waals surface area contributed by atoms with Gasteiger partial charge in [0.05, 0.1) is 0 Å². The van der Waals surface area contributed by atoms with Crippen LogP contribution in [0.3, 0.4) is 0 Å². The Morgan fingerprint density at radius 2 is 2.32 bits per heavy atom. The lowest BCUT2D eigenvalue weighted by Gasteiger charge is -2.06. The smallest absolute Gasteiger partial charge is 0.224 e. The Labute approximate surface area is 110 Å². The molecular formula is C12H15N5O2. The Kier molecular flexibility index (Phi) is 4.19. The van der Waals surface area contributed by atoms with Crippen molar-refractivity contribution < 1.29 is 9.90 Å². The molecule has 0 spiro atoms. The summed E-state index contributed by atoms with van der Waals surface area (Å²) in [5, 5.41) is 22.7. The molecule has 0 atom stereocenters. The summed E-state index contributed by atoms with van der Waals surface area (Å²) in [6, 6.07) is 7.30. The fourth-order valence-electron chi connectivity index (χ4n) is 1.67. The zero-order chi connectivity index (χ0) is 13.7. The van der Waals surface area contributed by atoms with Gasteiger partial charge in [0.15, 0.2) is 5.82 Å². The quantitative estimate of drug-likeness (QED) is 0.821. The topological polar surface area (TPSA) is 92.9 Å². The summed E-state index contributed by atoms with van der Waals surface area (Å²) in [5.41, 5.74) is 1.51. The third-order valence-corrected chi connectivity index (χ3v) is 2.59. The van der Waals surface area contributed by atoms with Crippen LogP contribution in [0.5, 0.6) is 0 Å². The van der Waals surface area contributed by atoms with Crippen molar-refractivity contribution in [3.05, 3.63) is 24.3 Å². The molecule has 0 aliphatic rings. The summed E-state index contributed by atoms with van der Waals surface area (Å²) in [4.78, 5) is 11.6. The number of anilines is 1. The van der Waals surface area contributed by atoms with E-state index < -0.39 is 0 Å². The van der Waals surface area contributed by atoms with E-state index in [2.05, 4.69) is 20.8 Å². The number of hydrogen-bond donors (Lipinski definition) is 2. The molecular weight excluding hydrogens is 246 g/mol. The van der Waals surface area contributed by atoms with Gasteiger partial charge in [-0.15, -0.1) is 5.10 Å². The molecule has 0 unspecified atom stereocenters. The highest BCUT2D eigenvalue weighted by Crippen LogP contribution is 2.19. The van der Waals surface area contributed by atoms with E-state index in [1.807, 2.05) is 18.2 Å². The number of nitrogens with zero attached hydrogens (tertiary/aromatic N) is 4. The molecule has 0 aliphatic carbocycles. The van der Waals surface area contributed by atoms with Gasteiger partial charge in [-0.2, -0.15) is 0 Å². The van der Waals surface area contributed by atoms with Crippen LogP contribution in [0.25, 0.3) is 11.4 Å². The Hall–Kier alpha value is -2.28. The van der Waals surface area contributed by atoms with Gasteiger partial charge in [-0.05, 0) is 29.0 Å². The molecule has 2 rings (SSSR count). The van der Waals surface area contributed by atoms with Gasteiger partial charge in [-0.1, -0.05) is 12.1 Å². The van der Waals surface area contributed by atoms with Crippen molar-refractivity contribution in [2.75, 3.05) is 11.9 Å². The molecule has 1 heterocycles. The van der Waals surface area contributed by atoms with Gasteiger partial charge in [0.1, 0.15) is 0 Å². The molecule has 100 valence electrons. The number of hydrogen-bond acceptors (Lipinski definition) is 5. The largest absolute Gasteiger partial charge is 0.396 e. The zero-order valence-corrected chi connectivity index (χ0v) is 10.6. The molecule has 0 fully saturated rings. The lowest BCUT2D eigenvalue weighted by Crippen LogP contribution is -2.11. The van der Waals surface area contributed by atoms with Crippen molar-refractivity contribution in [3.63, 3.8) is 0 Å². The van der Waals surface area contributed by atoms with E-state index in [-0.39, 0.29) is 12.5 Å². The average molecular weight is 261 g/mol. The summed E-state index contributed by atoms with van der Waals surface area (Å²) >= 11 is 0. The predicted octanol–water partition coefficient (Wildman–Crippen LogP) is 0.588. The molecule has 1 aromatic heterocycles. The number of benzene rings is 1. The minimum absolute atomic E-state index is 0.0120. The van der Waals surface area contributed by atoms with E-state index >= 15 is 0 Å². The number of carbonyl (C=O) groups excluding carboxylic acids is 1. The van der Waals surface area contributed by atoms with Crippen molar-refractivity contribution in [2.24, 2.45) is 7.05 Å². The van der Waals surface area contributed by atoms with E-state index in [1.54, 1.807) is 17.8 Å². The number of tetrazole rings is 1. The summed E-state index contributed by atoms with van der Waals surface area (Å²) in [6.45, 7) is 0.0120. The maximum absolute atomic E-state index is 11.6. The van der Waals surface area contributed by atoms with Gasteiger partial charge < -0.3 is 10.4 Å². The number of rotatable bonds is 5. The van der Waals surface area contributed by atoms with Gasteiger partial charge >= 0.3 is 0 Å². The van der Waals surface area contributed by atoms with Crippen LogP contribution in [-0.4, -0.2) is 37.8 Å². The summed E-state index contributed by atoms with van der Waals surface area (Å²) in [7, 11) is 1.75. The minimum atomic E-state index is -0.123. The summed E-state index contributed by atoms with van der Waals surface area (Å²) in [5.74, 6) is 0.508. The highest BCUT2D eigenvalue weighted by Gasteiger charge is 2.07. The van der Waals surface area contributed by atoms with Crippen LogP contribution >= 0.6 is 0 Å². The van der Waals surface area contributed by atoms with Gasteiger partial charge in [0.25, 0.3) is 0 Å². The lowest BCUT2D eigenvalue weighted by atomic mass is 10.2. The molecule has 7 heteroatoms. The van der Waals surface area contributed by atoms with Crippen LogP contribution < -0.4 is 5.32 Å². The van der Waals surface area contributed by atoms with E-state index in [0.717, 1.165) is 5.56 Å². The number of aromatic nitrogens is 4. The molecule has 0 aliphatic heterocycles. The van der Waals surface area contributed by atoms with Crippen molar-refractivity contribution >= 4 is 11.6 Å². The van der Waals surface area contributed by atoms with Gasteiger partial charge in [0, 0.05) is 31.3 Å². The normalized spacial score (nSPS) is 10.4. The fraction of sp³-hybridized carbons (Fsp3) is 0.333. The Bertz CT molecular complexity index is 567. The summed E-state index contributed by atoms with van der Waals surface area (Å²) in [6.07, 6.45) is 0.755. The van der Waals surface area contributed by atoms with Crippen LogP contribution in [0.1, 0.15) is 12.8 Å². The zero-order valence-electron chi connectivity index (χ0n) is 10.6. The van der Waals surface area contributed by atoms with E-state index in [1.165, 1.54) is 0 Å². The molecule has 19 heavy (non-hydrogen) atoms. The number of aliphatic hydroxyl groups is 1. The van der Waals surface area contributed by atoms with Gasteiger partial charge in [-0.3, -0.25) is 4.79 Å². The molecule has 7 nitrogen and oxygen atoms in total. The highest BCUT2D eigenvalue weighted by molar-refractivity contribution is 5.91. The Balaban J connectivity index is 2.12. The van der Waals surface area contributed by atoms with Crippen molar-refractivity contribution in [3.8, 4) is 11.4 Å². The van der Waals surface area contributed by atoms with Crippen molar-refractivity contribution in [1.82, 2.24) is 20.2 Å². The van der Waals surface area contributed by atoms with Crippen LogP contribution in [0.15, 0.2) is 24.3 Å². The molecule has 0 saturated heterocycles. The lowest BCUT2D eigenvalue weighted by molar-refractivity contribution is -0.116. The van der Waals surface area contributed by atoms with Gasteiger partial charge in [0.2, 0.25) is 5.91 Å². The first-order chi connectivity index (χ1) is 9.20. The van der Waals surface area contributed by atoms with Crippen LogP contribution in [-0.2, 0) is 11.8 Å². The first-order valence-corrected chi connectivity index (χ1v) is 5.94. The number of amides is 1. The SMILES string of the molecule is Cn1nnnc1-c1cccc(NC(=O)CCCO)c1. The number of carbonyl (C=O) groups is 1. The minimum Gasteiger partial charge on any atom is -0.396 e. The van der Waals surface area contributed by atoms with E-state index in [4.69, 9.17) is 5.11 Å². The predicted molar refractivity (Wildman–Crippen MR) is 69.2 cm³/mol. The highest BCUT2D eigenvalue weighted by atomic mass is 16.3. The number of aliphatic hydroxyl groups excluding tert-OH is 1. The van der Waals surface area contributed by atoms with Crippen molar-refractivity contribution in [1.29, 1.82) is 0 Å². The van der Waals surface area contributed by atoms with Crippen LogP contribution in [0.2, 0.25) is 0 Å². The van der Waals surface area contributed by atoms with E-state index in [0.29, 0.717) is 24.4 Å². The van der Waals surface area contributed by atoms with E-state index in [9.17, 15) is 4.79 Å². The van der Waals surface area contributed by atoms with Crippen molar-refractivity contribution in [2.45, 2.75) is 12.8 Å². The number of aryl methyl sites for hydroxylation is 1. The third kappa shape index (κ3) is 3.35. The molecule has 2 aromatic rings. The third-order valence-electron chi connectivity index (χ3n) is 2.59. The molecule has 1 amide bonds. The monoisotopic (exact) mass is 261 g/mol. The maximum Gasteiger partial charge on any atom is 0.224 e. The Morgan fingerprint density at radius 1 is 1.47 bits per heavy atom. The molecule has 0 radical (unpaired) electrons. The van der Waals surface area contributed by atoms with Crippen LogP contribution in [0.4, 0.5) is 5.69 Å². The first-order valence-electron chi connectivity index (χ1n) is 5.94. The molecule has 2 N–H and O–H groups in total. The summed E-state index contributed by atoms with van der Waals surface area (Å²) < 4.78 is 1.56. The first kappa shape index (κ1) is 13.2. The second-order valence-electron chi connectivity index (χ2n) is 4.08. The average Bonchev–Trinajstić information content (AvgIpc) is 2.83. The molecule has 1 aromatic carbocycles. The number of nitrogens with one attached hydrogen (secondary N) is 1. The van der Waals surface area contributed by atoms with Gasteiger partial charge in [-0.25, -0.2) is 4.68 Å². The fourth-order valence-corrected chi connectivity index (χ4v) is 1.67. The second-order valence-corrected chi connectivity index (χ2v) is 4.08. The second kappa shape index (κ2) is 6.05. The maximum atomic E-state index is 11.6. The standard InChI is InChI=1S/C12H15N5O2/c1-17-12(14-15-16-17)9-4-2-5-10(8-9)13-11(19)6-3-7-18/h2,4-5,8,18H,3,6-7H2,1H3,(H,13,19). The van der Waals surface area contributed by atoms with Crippen LogP contribution in [0, 0.1) is 0 Å². The molecule has 0 saturated carbocycles.